The molecule has 0 saturated heterocycles. The molecule has 0 saturated carbocycles. The van der Waals surface area contributed by atoms with Gasteiger partial charge in [0.25, 0.3) is 0 Å². The zero-order valence-corrected chi connectivity index (χ0v) is 10.6. The SMILES string of the molecule is C=C/C=C\C(=C)C(=C)N(NNC)C(C)CC. The van der Waals surface area contributed by atoms with Crippen LogP contribution < -0.4 is 11.0 Å². The Morgan fingerprint density at radius 2 is 2.06 bits per heavy atom. The summed E-state index contributed by atoms with van der Waals surface area (Å²) in [5, 5.41) is 1.97. The Balaban J connectivity index is 4.66. The molecule has 3 nitrogen and oxygen atoms in total. The maximum Gasteiger partial charge on any atom is 0.0531 e. The highest BCUT2D eigenvalue weighted by molar-refractivity contribution is 5.35. The molecule has 90 valence electrons. The second-order valence-corrected chi connectivity index (χ2v) is 3.56. The number of rotatable bonds is 8. The van der Waals surface area contributed by atoms with Crippen LogP contribution in [0.5, 0.6) is 0 Å². The predicted octanol–water partition coefficient (Wildman–Crippen LogP) is 2.54. The van der Waals surface area contributed by atoms with Crippen molar-refractivity contribution in [2.45, 2.75) is 26.3 Å². The summed E-state index contributed by atoms with van der Waals surface area (Å²) in [5.74, 6) is 0. The first kappa shape index (κ1) is 14.7. The molecule has 0 spiro atoms. The quantitative estimate of drug-likeness (QED) is 0.487. The number of hydrogen-bond donors (Lipinski definition) is 2. The van der Waals surface area contributed by atoms with Gasteiger partial charge < -0.3 is 0 Å². The Hall–Kier alpha value is -1.32. The second kappa shape index (κ2) is 7.91. The van der Waals surface area contributed by atoms with E-state index in [9.17, 15) is 0 Å². The molecule has 0 heterocycles. The van der Waals surface area contributed by atoms with Gasteiger partial charge in [0.05, 0.1) is 5.70 Å². The summed E-state index contributed by atoms with van der Waals surface area (Å²) in [5.41, 5.74) is 7.67. The fourth-order valence-corrected chi connectivity index (χ4v) is 1.18. The van der Waals surface area contributed by atoms with Crippen molar-refractivity contribution >= 4 is 0 Å². The molecule has 16 heavy (non-hydrogen) atoms. The van der Waals surface area contributed by atoms with E-state index < -0.39 is 0 Å². The molecule has 0 aliphatic heterocycles. The zero-order chi connectivity index (χ0) is 12.6. The van der Waals surface area contributed by atoms with Gasteiger partial charge in [-0.15, -0.1) is 0 Å². The first-order valence-electron chi connectivity index (χ1n) is 5.47. The van der Waals surface area contributed by atoms with Gasteiger partial charge in [0.1, 0.15) is 0 Å². The minimum atomic E-state index is 0.342. The molecule has 0 aliphatic rings. The van der Waals surface area contributed by atoms with Crippen LogP contribution in [0, 0.1) is 0 Å². The normalized spacial score (nSPS) is 12.4. The topological polar surface area (TPSA) is 27.3 Å². The van der Waals surface area contributed by atoms with Gasteiger partial charge in [-0.05, 0) is 18.9 Å². The summed E-state index contributed by atoms with van der Waals surface area (Å²) in [6.07, 6.45) is 6.48. The highest BCUT2D eigenvalue weighted by Crippen LogP contribution is 2.15. The van der Waals surface area contributed by atoms with E-state index in [1.54, 1.807) is 6.08 Å². The van der Waals surface area contributed by atoms with Crippen LogP contribution >= 0.6 is 0 Å². The molecule has 0 amide bonds. The maximum atomic E-state index is 4.03. The van der Waals surface area contributed by atoms with Gasteiger partial charge in [0.15, 0.2) is 0 Å². The lowest BCUT2D eigenvalue weighted by Gasteiger charge is -2.32. The zero-order valence-electron chi connectivity index (χ0n) is 10.6. The summed E-state index contributed by atoms with van der Waals surface area (Å²) in [6, 6.07) is 0.342. The molecule has 1 unspecified atom stereocenters. The van der Waals surface area contributed by atoms with Crippen molar-refractivity contribution in [3.63, 3.8) is 0 Å². The van der Waals surface area contributed by atoms with Crippen molar-refractivity contribution in [2.75, 3.05) is 7.05 Å². The molecule has 0 rings (SSSR count). The maximum absolute atomic E-state index is 4.03. The summed E-state index contributed by atoms with van der Waals surface area (Å²) in [4.78, 5) is 0. The third kappa shape index (κ3) is 4.47. The Bertz CT molecular complexity index is 279. The number of allylic oxidation sites excluding steroid dienone is 3. The van der Waals surface area contributed by atoms with Gasteiger partial charge in [0.2, 0.25) is 0 Å². The van der Waals surface area contributed by atoms with Crippen molar-refractivity contribution in [1.29, 1.82) is 0 Å². The molecule has 3 heteroatoms. The van der Waals surface area contributed by atoms with Crippen molar-refractivity contribution in [3.05, 3.63) is 49.2 Å². The van der Waals surface area contributed by atoms with Gasteiger partial charge >= 0.3 is 0 Å². The van der Waals surface area contributed by atoms with E-state index >= 15 is 0 Å². The lowest BCUT2D eigenvalue weighted by Crippen LogP contribution is -2.49. The smallest absolute Gasteiger partial charge is 0.0531 e. The molecular weight excluding hydrogens is 198 g/mol. The van der Waals surface area contributed by atoms with E-state index in [1.165, 1.54) is 0 Å². The lowest BCUT2D eigenvalue weighted by molar-refractivity contribution is 0.160. The fourth-order valence-electron chi connectivity index (χ4n) is 1.18. The standard InChI is InChI=1S/C13H23N3/c1-7-9-10-11(3)13(5)16(15-14-6)12(4)8-2/h7,9-10,12,14-15H,1,3,5,8H2,2,4,6H3/b10-9-. The third-order valence-electron chi connectivity index (χ3n) is 2.36. The Morgan fingerprint density at radius 3 is 2.50 bits per heavy atom. The predicted molar refractivity (Wildman–Crippen MR) is 71.4 cm³/mol. The Morgan fingerprint density at radius 1 is 1.44 bits per heavy atom. The second-order valence-electron chi connectivity index (χ2n) is 3.56. The Labute approximate surface area is 99.2 Å². The van der Waals surface area contributed by atoms with Crippen molar-refractivity contribution in [1.82, 2.24) is 16.0 Å². The largest absolute Gasteiger partial charge is 0.292 e. The van der Waals surface area contributed by atoms with Crippen molar-refractivity contribution < 1.29 is 0 Å². The van der Waals surface area contributed by atoms with Gasteiger partial charge in [-0.1, -0.05) is 44.9 Å². The fraction of sp³-hybridized carbons (Fsp3) is 0.385. The summed E-state index contributed by atoms with van der Waals surface area (Å²) < 4.78 is 0. The number of hydrogen-bond acceptors (Lipinski definition) is 3. The molecule has 0 aliphatic carbocycles. The van der Waals surface area contributed by atoms with E-state index in [0.29, 0.717) is 6.04 Å². The van der Waals surface area contributed by atoms with Gasteiger partial charge in [0, 0.05) is 13.1 Å². The lowest BCUT2D eigenvalue weighted by atomic mass is 10.1. The highest BCUT2D eigenvalue weighted by Gasteiger charge is 2.13. The molecule has 0 aromatic carbocycles. The van der Waals surface area contributed by atoms with E-state index in [4.69, 9.17) is 0 Å². The average Bonchev–Trinajstić information content (AvgIpc) is 2.31. The Kier molecular flexibility index (Phi) is 7.25. The molecule has 2 N–H and O–H groups in total. The molecule has 1 atom stereocenters. The minimum absolute atomic E-state index is 0.342. The molecule has 0 fully saturated rings. The van der Waals surface area contributed by atoms with Crippen LogP contribution in [-0.2, 0) is 0 Å². The van der Waals surface area contributed by atoms with E-state index in [-0.39, 0.29) is 0 Å². The number of nitrogens with zero attached hydrogens (tertiary/aromatic N) is 1. The molecule has 0 aromatic heterocycles. The number of hydrazine groups is 2. The van der Waals surface area contributed by atoms with Crippen LogP contribution in [0.15, 0.2) is 49.2 Å². The summed E-state index contributed by atoms with van der Waals surface area (Å²) in [6.45, 7) is 15.9. The van der Waals surface area contributed by atoms with Gasteiger partial charge in [-0.3, -0.25) is 5.01 Å². The van der Waals surface area contributed by atoms with Crippen LogP contribution in [0.4, 0.5) is 0 Å². The van der Waals surface area contributed by atoms with Crippen LogP contribution in [-0.4, -0.2) is 18.1 Å². The summed E-state index contributed by atoms with van der Waals surface area (Å²) in [7, 11) is 1.82. The van der Waals surface area contributed by atoms with Crippen LogP contribution in [0.3, 0.4) is 0 Å². The molecule has 0 aromatic rings. The van der Waals surface area contributed by atoms with Crippen molar-refractivity contribution in [3.8, 4) is 0 Å². The van der Waals surface area contributed by atoms with Crippen molar-refractivity contribution in [2.24, 2.45) is 0 Å². The number of nitrogens with one attached hydrogen (secondary N) is 2. The monoisotopic (exact) mass is 221 g/mol. The minimum Gasteiger partial charge on any atom is -0.292 e. The third-order valence-corrected chi connectivity index (χ3v) is 2.36. The van der Waals surface area contributed by atoms with Crippen LogP contribution in [0.25, 0.3) is 0 Å². The van der Waals surface area contributed by atoms with E-state index in [0.717, 1.165) is 17.7 Å². The molecule has 0 bridgehead atoms. The molecule has 0 radical (unpaired) electrons. The highest BCUT2D eigenvalue weighted by atomic mass is 15.7. The van der Waals surface area contributed by atoms with Gasteiger partial charge in [-0.25, -0.2) is 5.43 Å². The van der Waals surface area contributed by atoms with Crippen LogP contribution in [0.2, 0.25) is 0 Å². The first-order chi connectivity index (χ1) is 7.58. The molecular formula is C13H23N3. The summed E-state index contributed by atoms with van der Waals surface area (Å²) >= 11 is 0. The van der Waals surface area contributed by atoms with E-state index in [1.807, 2.05) is 24.2 Å². The van der Waals surface area contributed by atoms with Crippen LogP contribution in [0.1, 0.15) is 20.3 Å². The first-order valence-corrected chi connectivity index (χ1v) is 5.47. The van der Waals surface area contributed by atoms with Gasteiger partial charge in [-0.2, -0.15) is 5.53 Å². The average molecular weight is 221 g/mol. The van der Waals surface area contributed by atoms with E-state index in [2.05, 4.69) is 44.5 Å².